The van der Waals surface area contributed by atoms with Crippen molar-refractivity contribution in [3.63, 3.8) is 0 Å². The average Bonchev–Trinajstić information content (AvgIpc) is 2.31. The van der Waals surface area contributed by atoms with Crippen molar-refractivity contribution in [1.29, 1.82) is 0 Å². The molecule has 0 heterocycles. The van der Waals surface area contributed by atoms with Crippen molar-refractivity contribution in [3.05, 3.63) is 33.8 Å². The van der Waals surface area contributed by atoms with E-state index >= 15 is 0 Å². The standard InChI is InChI=1S/C12H16Cl2N2O.ClH/c1-7(6-15)12(17)16-8(2)9-3-4-10(13)11(14)5-9;/h3-5,7-8H,6,15H2,1-2H3,(H,16,17);1H. The Labute approximate surface area is 123 Å². The summed E-state index contributed by atoms with van der Waals surface area (Å²) < 4.78 is 0. The van der Waals surface area contributed by atoms with E-state index in [0.717, 1.165) is 5.56 Å². The molecular weight excluding hydrogens is 295 g/mol. The maximum Gasteiger partial charge on any atom is 0.224 e. The van der Waals surface area contributed by atoms with Crippen LogP contribution in [0.25, 0.3) is 0 Å². The van der Waals surface area contributed by atoms with Gasteiger partial charge in [0.15, 0.2) is 0 Å². The Kier molecular flexibility index (Phi) is 7.64. The average molecular weight is 312 g/mol. The van der Waals surface area contributed by atoms with E-state index in [2.05, 4.69) is 5.32 Å². The molecule has 3 nitrogen and oxygen atoms in total. The molecule has 0 aromatic heterocycles. The fraction of sp³-hybridized carbons (Fsp3) is 0.417. The van der Waals surface area contributed by atoms with Gasteiger partial charge in [-0.25, -0.2) is 0 Å². The summed E-state index contributed by atoms with van der Waals surface area (Å²) in [6, 6.07) is 5.19. The highest BCUT2D eigenvalue weighted by Gasteiger charge is 2.15. The van der Waals surface area contributed by atoms with Crippen molar-refractivity contribution in [2.75, 3.05) is 6.54 Å². The summed E-state index contributed by atoms with van der Waals surface area (Å²) in [6.45, 7) is 4.01. The Morgan fingerprint density at radius 1 is 1.33 bits per heavy atom. The third kappa shape index (κ3) is 4.65. The highest BCUT2D eigenvalue weighted by molar-refractivity contribution is 6.42. The van der Waals surface area contributed by atoms with Gasteiger partial charge < -0.3 is 11.1 Å². The van der Waals surface area contributed by atoms with Gasteiger partial charge in [0.05, 0.1) is 16.1 Å². The number of carbonyl (C=O) groups excluding carboxylic acids is 1. The number of nitrogens with one attached hydrogen (secondary N) is 1. The molecule has 2 unspecified atom stereocenters. The van der Waals surface area contributed by atoms with Gasteiger partial charge in [-0.2, -0.15) is 0 Å². The summed E-state index contributed by atoms with van der Waals surface area (Å²) in [6.07, 6.45) is 0. The van der Waals surface area contributed by atoms with E-state index in [1.54, 1.807) is 19.1 Å². The highest BCUT2D eigenvalue weighted by atomic mass is 35.5. The van der Waals surface area contributed by atoms with Gasteiger partial charge in [-0.3, -0.25) is 4.79 Å². The van der Waals surface area contributed by atoms with Gasteiger partial charge in [-0.1, -0.05) is 36.2 Å². The van der Waals surface area contributed by atoms with Crippen LogP contribution in [0.2, 0.25) is 10.0 Å². The second-order valence-electron chi connectivity index (χ2n) is 4.04. The highest BCUT2D eigenvalue weighted by Crippen LogP contribution is 2.25. The van der Waals surface area contributed by atoms with Crippen LogP contribution in [0.5, 0.6) is 0 Å². The molecular formula is C12H17Cl3N2O. The van der Waals surface area contributed by atoms with E-state index in [9.17, 15) is 4.79 Å². The van der Waals surface area contributed by atoms with Gasteiger partial charge in [0, 0.05) is 12.5 Å². The largest absolute Gasteiger partial charge is 0.349 e. The first-order chi connectivity index (χ1) is 7.95. The SMILES string of the molecule is CC(CN)C(=O)NC(C)c1ccc(Cl)c(Cl)c1.Cl. The number of hydrogen-bond donors (Lipinski definition) is 2. The zero-order chi connectivity index (χ0) is 13.0. The monoisotopic (exact) mass is 310 g/mol. The molecule has 0 spiro atoms. The fourth-order valence-electron chi connectivity index (χ4n) is 1.33. The van der Waals surface area contributed by atoms with E-state index in [1.807, 2.05) is 13.0 Å². The Balaban J connectivity index is 0.00000289. The maximum absolute atomic E-state index is 11.7. The van der Waals surface area contributed by atoms with Crippen LogP contribution < -0.4 is 11.1 Å². The number of hydrogen-bond acceptors (Lipinski definition) is 2. The number of benzene rings is 1. The third-order valence-corrected chi connectivity index (χ3v) is 3.34. The van der Waals surface area contributed by atoms with Gasteiger partial charge in [0.25, 0.3) is 0 Å². The topological polar surface area (TPSA) is 55.1 Å². The molecule has 0 aliphatic rings. The van der Waals surface area contributed by atoms with Crippen LogP contribution in [0.4, 0.5) is 0 Å². The Morgan fingerprint density at radius 3 is 2.44 bits per heavy atom. The second kappa shape index (κ2) is 7.85. The lowest BCUT2D eigenvalue weighted by atomic mass is 10.1. The molecule has 1 rings (SSSR count). The summed E-state index contributed by atoms with van der Waals surface area (Å²) in [4.78, 5) is 11.7. The lowest BCUT2D eigenvalue weighted by Crippen LogP contribution is -2.34. The van der Waals surface area contributed by atoms with Crippen molar-refractivity contribution in [1.82, 2.24) is 5.32 Å². The molecule has 3 N–H and O–H groups in total. The van der Waals surface area contributed by atoms with E-state index < -0.39 is 0 Å². The van der Waals surface area contributed by atoms with Crippen molar-refractivity contribution < 1.29 is 4.79 Å². The van der Waals surface area contributed by atoms with Crippen LogP contribution >= 0.6 is 35.6 Å². The second-order valence-corrected chi connectivity index (χ2v) is 4.85. The number of rotatable bonds is 4. The minimum absolute atomic E-state index is 0. The summed E-state index contributed by atoms with van der Waals surface area (Å²) in [5, 5.41) is 3.86. The summed E-state index contributed by atoms with van der Waals surface area (Å²) in [7, 11) is 0. The van der Waals surface area contributed by atoms with Gasteiger partial charge in [0.1, 0.15) is 0 Å². The van der Waals surface area contributed by atoms with Crippen LogP contribution in [0.15, 0.2) is 18.2 Å². The predicted molar refractivity (Wildman–Crippen MR) is 78.5 cm³/mol. The van der Waals surface area contributed by atoms with Crippen molar-refractivity contribution in [3.8, 4) is 0 Å². The molecule has 0 bridgehead atoms. The molecule has 6 heteroatoms. The lowest BCUT2D eigenvalue weighted by molar-refractivity contribution is -0.124. The van der Waals surface area contributed by atoms with Crippen LogP contribution in [0.3, 0.4) is 0 Å². The molecule has 1 aromatic rings. The van der Waals surface area contributed by atoms with Gasteiger partial charge >= 0.3 is 0 Å². The van der Waals surface area contributed by atoms with Gasteiger partial charge in [-0.15, -0.1) is 12.4 Å². The molecule has 2 atom stereocenters. The van der Waals surface area contributed by atoms with E-state index in [4.69, 9.17) is 28.9 Å². The molecule has 0 fully saturated rings. The Hall–Kier alpha value is -0.480. The molecule has 1 amide bonds. The minimum Gasteiger partial charge on any atom is -0.349 e. The molecule has 102 valence electrons. The first-order valence-electron chi connectivity index (χ1n) is 5.41. The Morgan fingerprint density at radius 2 is 1.94 bits per heavy atom. The van der Waals surface area contributed by atoms with Crippen molar-refractivity contribution in [2.24, 2.45) is 11.7 Å². The smallest absolute Gasteiger partial charge is 0.224 e. The van der Waals surface area contributed by atoms with E-state index in [1.165, 1.54) is 0 Å². The summed E-state index contributed by atoms with van der Waals surface area (Å²) in [5.74, 6) is -0.258. The van der Waals surface area contributed by atoms with Crippen molar-refractivity contribution in [2.45, 2.75) is 19.9 Å². The van der Waals surface area contributed by atoms with Crippen molar-refractivity contribution >= 4 is 41.5 Å². The van der Waals surface area contributed by atoms with Gasteiger partial charge in [-0.05, 0) is 24.6 Å². The number of nitrogens with two attached hydrogens (primary N) is 1. The van der Waals surface area contributed by atoms with Crippen LogP contribution in [0.1, 0.15) is 25.5 Å². The number of amides is 1. The maximum atomic E-state index is 11.7. The first kappa shape index (κ1) is 17.5. The van der Waals surface area contributed by atoms with Gasteiger partial charge in [0.2, 0.25) is 5.91 Å². The Bertz CT molecular complexity index is 412. The lowest BCUT2D eigenvalue weighted by Gasteiger charge is -2.17. The minimum atomic E-state index is -0.194. The van der Waals surface area contributed by atoms with E-state index in [-0.39, 0.29) is 30.3 Å². The molecule has 0 saturated carbocycles. The summed E-state index contributed by atoms with van der Waals surface area (Å²) in [5.41, 5.74) is 6.35. The number of halogens is 3. The quantitative estimate of drug-likeness (QED) is 0.897. The molecule has 18 heavy (non-hydrogen) atoms. The van der Waals surface area contributed by atoms with Crippen LogP contribution in [0, 0.1) is 5.92 Å². The molecule has 0 aliphatic carbocycles. The normalized spacial score (nSPS) is 13.4. The third-order valence-electron chi connectivity index (χ3n) is 2.60. The first-order valence-corrected chi connectivity index (χ1v) is 6.16. The van der Waals surface area contributed by atoms with Crippen LogP contribution in [-0.4, -0.2) is 12.5 Å². The summed E-state index contributed by atoms with van der Waals surface area (Å²) >= 11 is 11.7. The fourth-order valence-corrected chi connectivity index (χ4v) is 1.63. The molecule has 0 aliphatic heterocycles. The van der Waals surface area contributed by atoms with E-state index in [0.29, 0.717) is 16.6 Å². The molecule has 0 saturated heterocycles. The number of carbonyl (C=O) groups is 1. The zero-order valence-electron chi connectivity index (χ0n) is 10.2. The van der Waals surface area contributed by atoms with Crippen LogP contribution in [-0.2, 0) is 4.79 Å². The molecule has 0 radical (unpaired) electrons. The predicted octanol–water partition coefficient (Wildman–Crippen LogP) is 3.19. The molecule has 1 aromatic carbocycles. The zero-order valence-corrected chi connectivity index (χ0v) is 12.6.